The third-order valence-corrected chi connectivity index (χ3v) is 5.59. The van der Waals surface area contributed by atoms with Gasteiger partial charge in [-0.3, -0.25) is 9.89 Å². The molecular formula is C19H23N3O. The van der Waals surface area contributed by atoms with E-state index in [4.69, 9.17) is 0 Å². The molecule has 2 atom stereocenters. The van der Waals surface area contributed by atoms with Gasteiger partial charge in [0.2, 0.25) is 5.91 Å². The van der Waals surface area contributed by atoms with Gasteiger partial charge in [-0.05, 0) is 31.4 Å². The highest BCUT2D eigenvalue weighted by molar-refractivity contribution is 5.80. The Morgan fingerprint density at radius 2 is 2.17 bits per heavy atom. The molecule has 1 amide bonds. The van der Waals surface area contributed by atoms with Crippen molar-refractivity contribution in [3.05, 3.63) is 53.3 Å². The van der Waals surface area contributed by atoms with Crippen LogP contribution in [0.2, 0.25) is 0 Å². The van der Waals surface area contributed by atoms with Crippen LogP contribution in [0.15, 0.2) is 36.4 Å². The van der Waals surface area contributed by atoms with Crippen molar-refractivity contribution in [3.8, 4) is 0 Å². The second-order valence-corrected chi connectivity index (χ2v) is 6.96. The fraction of sp³-hybridized carbons (Fsp3) is 0.474. The zero-order chi connectivity index (χ0) is 15.9. The monoisotopic (exact) mass is 309 g/mol. The molecule has 2 fully saturated rings. The van der Waals surface area contributed by atoms with Crippen LogP contribution in [0, 0.1) is 12.8 Å². The number of rotatable bonds is 3. The highest BCUT2D eigenvalue weighted by Gasteiger charge is 2.56. The summed E-state index contributed by atoms with van der Waals surface area (Å²) < 4.78 is 0. The van der Waals surface area contributed by atoms with Crippen molar-refractivity contribution in [2.24, 2.45) is 5.92 Å². The van der Waals surface area contributed by atoms with E-state index < -0.39 is 0 Å². The Kier molecular flexibility index (Phi) is 3.47. The van der Waals surface area contributed by atoms with Gasteiger partial charge in [0, 0.05) is 18.2 Å². The second kappa shape index (κ2) is 5.52. The fourth-order valence-corrected chi connectivity index (χ4v) is 4.50. The molecule has 4 nitrogen and oxygen atoms in total. The van der Waals surface area contributed by atoms with Crippen LogP contribution in [0.25, 0.3) is 0 Å². The first kappa shape index (κ1) is 14.5. The van der Waals surface area contributed by atoms with Crippen LogP contribution in [0.1, 0.15) is 42.6 Å². The number of aromatic nitrogens is 2. The van der Waals surface area contributed by atoms with E-state index >= 15 is 0 Å². The van der Waals surface area contributed by atoms with E-state index in [1.807, 2.05) is 13.0 Å². The Labute approximate surface area is 136 Å². The smallest absolute Gasteiger partial charge is 0.229 e. The van der Waals surface area contributed by atoms with E-state index in [0.29, 0.717) is 12.3 Å². The lowest BCUT2D eigenvalue weighted by molar-refractivity contribution is -0.166. The van der Waals surface area contributed by atoms with Gasteiger partial charge in [-0.1, -0.05) is 43.2 Å². The molecule has 0 bridgehead atoms. The molecule has 2 aromatic rings. The SMILES string of the molecule is Cc1cc(CC(=O)N2C[C@H]3CCCC[C@]32c2ccccc2)n[nH]1. The van der Waals surface area contributed by atoms with Crippen LogP contribution in [0.5, 0.6) is 0 Å². The number of likely N-dealkylation sites (tertiary alicyclic amines) is 1. The van der Waals surface area contributed by atoms with Crippen LogP contribution in [-0.4, -0.2) is 27.5 Å². The molecule has 1 aliphatic heterocycles. The maximum Gasteiger partial charge on any atom is 0.229 e. The van der Waals surface area contributed by atoms with Gasteiger partial charge < -0.3 is 4.90 Å². The van der Waals surface area contributed by atoms with Crippen molar-refractivity contribution >= 4 is 5.91 Å². The minimum atomic E-state index is -0.0675. The number of aromatic amines is 1. The van der Waals surface area contributed by atoms with Gasteiger partial charge in [-0.25, -0.2) is 0 Å². The first-order chi connectivity index (χ1) is 11.2. The number of aryl methyl sites for hydroxylation is 1. The molecule has 1 N–H and O–H groups in total. The van der Waals surface area contributed by atoms with Crippen LogP contribution in [0.4, 0.5) is 0 Å². The normalized spacial score (nSPS) is 26.5. The number of nitrogens with zero attached hydrogens (tertiary/aromatic N) is 2. The predicted molar refractivity (Wildman–Crippen MR) is 88.8 cm³/mol. The summed E-state index contributed by atoms with van der Waals surface area (Å²) in [6, 6.07) is 12.6. The largest absolute Gasteiger partial charge is 0.332 e. The molecule has 2 heterocycles. The average Bonchev–Trinajstić information content (AvgIpc) is 2.94. The van der Waals surface area contributed by atoms with Gasteiger partial charge in [0.25, 0.3) is 0 Å². The zero-order valence-corrected chi connectivity index (χ0v) is 13.6. The molecule has 0 radical (unpaired) electrons. The van der Waals surface area contributed by atoms with Gasteiger partial charge in [0.1, 0.15) is 0 Å². The molecule has 1 aliphatic carbocycles. The Bertz CT molecular complexity index is 708. The maximum atomic E-state index is 12.9. The van der Waals surface area contributed by atoms with Gasteiger partial charge in [0.05, 0.1) is 17.7 Å². The first-order valence-corrected chi connectivity index (χ1v) is 8.57. The number of nitrogens with one attached hydrogen (secondary N) is 1. The maximum absolute atomic E-state index is 12.9. The number of amides is 1. The highest BCUT2D eigenvalue weighted by Crippen LogP contribution is 2.53. The molecule has 0 spiro atoms. The van der Waals surface area contributed by atoms with Gasteiger partial charge in [-0.15, -0.1) is 0 Å². The third-order valence-electron chi connectivity index (χ3n) is 5.59. The van der Waals surface area contributed by atoms with Gasteiger partial charge >= 0.3 is 0 Å². The van der Waals surface area contributed by atoms with Crippen LogP contribution < -0.4 is 0 Å². The molecular weight excluding hydrogens is 286 g/mol. The summed E-state index contributed by atoms with van der Waals surface area (Å²) in [5, 5.41) is 7.15. The Balaban J connectivity index is 1.62. The predicted octanol–water partition coefficient (Wildman–Crippen LogP) is 3.19. The Hall–Kier alpha value is -2.10. The van der Waals surface area contributed by atoms with Crippen molar-refractivity contribution in [1.82, 2.24) is 15.1 Å². The van der Waals surface area contributed by atoms with E-state index in [0.717, 1.165) is 24.4 Å². The summed E-state index contributed by atoms with van der Waals surface area (Å²) in [6.07, 6.45) is 5.22. The summed E-state index contributed by atoms with van der Waals surface area (Å²) in [7, 11) is 0. The molecule has 1 aromatic heterocycles. The number of hydrogen-bond acceptors (Lipinski definition) is 2. The van der Waals surface area contributed by atoms with Crippen LogP contribution >= 0.6 is 0 Å². The number of hydrogen-bond donors (Lipinski definition) is 1. The zero-order valence-electron chi connectivity index (χ0n) is 13.6. The third kappa shape index (κ3) is 2.28. The average molecular weight is 309 g/mol. The minimum absolute atomic E-state index is 0.0675. The molecule has 2 aliphatic rings. The number of benzene rings is 1. The van der Waals surface area contributed by atoms with Gasteiger partial charge in [0.15, 0.2) is 0 Å². The van der Waals surface area contributed by atoms with Gasteiger partial charge in [-0.2, -0.15) is 5.10 Å². The van der Waals surface area contributed by atoms with E-state index in [9.17, 15) is 4.79 Å². The Morgan fingerprint density at radius 1 is 1.35 bits per heavy atom. The summed E-state index contributed by atoms with van der Waals surface area (Å²) in [6.45, 7) is 2.87. The number of fused-ring (bicyclic) bond motifs is 1. The number of H-pyrrole nitrogens is 1. The summed E-state index contributed by atoms with van der Waals surface area (Å²) in [5.41, 5.74) is 3.09. The molecule has 1 saturated heterocycles. The van der Waals surface area contributed by atoms with Crippen molar-refractivity contribution in [2.75, 3.05) is 6.54 Å². The summed E-state index contributed by atoms with van der Waals surface area (Å²) >= 11 is 0. The summed E-state index contributed by atoms with van der Waals surface area (Å²) in [4.78, 5) is 15.0. The van der Waals surface area contributed by atoms with Crippen molar-refractivity contribution in [2.45, 2.75) is 44.6 Å². The molecule has 1 aromatic carbocycles. The molecule has 4 heteroatoms. The molecule has 0 unspecified atom stereocenters. The minimum Gasteiger partial charge on any atom is -0.332 e. The highest BCUT2D eigenvalue weighted by atomic mass is 16.2. The number of carbonyl (C=O) groups excluding carboxylic acids is 1. The van der Waals surface area contributed by atoms with E-state index in [2.05, 4.69) is 45.4 Å². The van der Waals surface area contributed by atoms with E-state index in [1.165, 1.54) is 24.8 Å². The number of carbonyl (C=O) groups is 1. The topological polar surface area (TPSA) is 49.0 Å². The second-order valence-electron chi connectivity index (χ2n) is 6.96. The van der Waals surface area contributed by atoms with Crippen molar-refractivity contribution < 1.29 is 4.79 Å². The standard InChI is InChI=1S/C19H23N3O/c1-14-11-17(21-20-14)12-18(23)22-13-16-9-5-6-10-19(16,22)15-7-3-2-4-8-15/h2-4,7-8,11,16H,5-6,9-10,12-13H2,1H3,(H,20,21)/t16-,19+/m1/s1. The molecule has 1 saturated carbocycles. The van der Waals surface area contributed by atoms with Crippen molar-refractivity contribution in [1.29, 1.82) is 0 Å². The Morgan fingerprint density at radius 3 is 2.87 bits per heavy atom. The quantitative estimate of drug-likeness (QED) is 0.946. The van der Waals surface area contributed by atoms with Crippen molar-refractivity contribution in [3.63, 3.8) is 0 Å². The first-order valence-electron chi connectivity index (χ1n) is 8.57. The summed E-state index contributed by atoms with van der Waals surface area (Å²) in [5.74, 6) is 0.821. The van der Waals surface area contributed by atoms with Crippen LogP contribution in [0.3, 0.4) is 0 Å². The lowest BCUT2D eigenvalue weighted by atomic mass is 9.61. The fourth-order valence-electron chi connectivity index (χ4n) is 4.50. The molecule has 23 heavy (non-hydrogen) atoms. The van der Waals surface area contributed by atoms with E-state index in [-0.39, 0.29) is 11.4 Å². The molecule has 120 valence electrons. The lowest BCUT2D eigenvalue weighted by Crippen LogP contribution is -2.67. The van der Waals surface area contributed by atoms with E-state index in [1.54, 1.807) is 0 Å². The lowest BCUT2D eigenvalue weighted by Gasteiger charge is -2.61. The molecule has 4 rings (SSSR count). The van der Waals surface area contributed by atoms with Crippen LogP contribution in [-0.2, 0) is 16.8 Å².